The molecule has 0 spiro atoms. The molecule has 2 bridgehead atoms. The summed E-state index contributed by atoms with van der Waals surface area (Å²) in [7, 11) is 3.13. The van der Waals surface area contributed by atoms with Crippen molar-refractivity contribution in [3.8, 4) is 0 Å². The summed E-state index contributed by atoms with van der Waals surface area (Å²) in [6.07, 6.45) is 5.11. The zero-order valence-corrected chi connectivity index (χ0v) is 8.82. The molecule has 0 aromatic rings. The first-order valence-electron chi connectivity index (χ1n) is 5.29. The van der Waals surface area contributed by atoms with Crippen molar-refractivity contribution in [2.75, 3.05) is 14.2 Å². The van der Waals surface area contributed by atoms with E-state index in [0.29, 0.717) is 12.0 Å². The van der Waals surface area contributed by atoms with Gasteiger partial charge in [0.05, 0.1) is 7.11 Å². The van der Waals surface area contributed by atoms with Crippen LogP contribution in [-0.2, 0) is 4.84 Å². The summed E-state index contributed by atoms with van der Waals surface area (Å²) in [6, 6.07) is 0.267. The van der Waals surface area contributed by atoms with Crippen LogP contribution in [0, 0.1) is 11.8 Å². The number of nitrogens with zero attached hydrogens (tertiary/aromatic N) is 1. The topological polar surface area (TPSA) is 41.6 Å². The van der Waals surface area contributed by atoms with Gasteiger partial charge < -0.3 is 5.32 Å². The quantitative estimate of drug-likeness (QED) is 0.681. The van der Waals surface area contributed by atoms with Gasteiger partial charge in [-0.05, 0) is 31.1 Å². The molecular weight excluding hydrogens is 180 g/mol. The van der Waals surface area contributed by atoms with Gasteiger partial charge in [-0.3, -0.25) is 4.84 Å². The molecule has 4 nitrogen and oxygen atoms in total. The van der Waals surface area contributed by atoms with E-state index < -0.39 is 0 Å². The van der Waals surface area contributed by atoms with Gasteiger partial charge in [-0.25, -0.2) is 9.86 Å². The first-order chi connectivity index (χ1) is 6.70. The molecule has 2 amide bonds. The van der Waals surface area contributed by atoms with Crippen molar-refractivity contribution in [1.29, 1.82) is 0 Å². The second kappa shape index (κ2) is 3.77. The summed E-state index contributed by atoms with van der Waals surface area (Å²) in [5, 5.41) is 4.27. The Bertz CT molecular complexity index is 232. The molecule has 3 atom stereocenters. The molecule has 0 aliphatic heterocycles. The molecule has 2 saturated carbocycles. The number of hydroxylamine groups is 2. The van der Waals surface area contributed by atoms with E-state index in [-0.39, 0.29) is 6.03 Å². The largest absolute Gasteiger partial charge is 0.341 e. The van der Waals surface area contributed by atoms with E-state index in [1.165, 1.54) is 31.4 Å². The number of hydrogen-bond donors (Lipinski definition) is 1. The molecule has 2 aliphatic carbocycles. The van der Waals surface area contributed by atoms with Crippen molar-refractivity contribution in [3.05, 3.63) is 0 Å². The molecule has 80 valence electrons. The van der Waals surface area contributed by atoms with E-state index in [1.807, 2.05) is 0 Å². The summed E-state index contributed by atoms with van der Waals surface area (Å²) >= 11 is 0. The van der Waals surface area contributed by atoms with E-state index in [0.717, 1.165) is 12.3 Å². The molecular formula is C10H18N2O2. The number of hydrogen-bond acceptors (Lipinski definition) is 2. The van der Waals surface area contributed by atoms with E-state index in [1.54, 1.807) is 7.05 Å². The highest BCUT2D eigenvalue weighted by Gasteiger charge is 2.40. The predicted molar refractivity (Wildman–Crippen MR) is 52.5 cm³/mol. The molecule has 2 rings (SSSR count). The van der Waals surface area contributed by atoms with Crippen LogP contribution in [0.2, 0.25) is 0 Å². The van der Waals surface area contributed by atoms with Crippen LogP contribution in [0.15, 0.2) is 0 Å². The van der Waals surface area contributed by atoms with Crippen LogP contribution in [0.5, 0.6) is 0 Å². The van der Waals surface area contributed by atoms with Crippen LogP contribution in [0.4, 0.5) is 4.79 Å². The summed E-state index contributed by atoms with van der Waals surface area (Å²) in [5.41, 5.74) is 0. The molecule has 3 unspecified atom stereocenters. The number of urea groups is 1. The fourth-order valence-electron chi connectivity index (χ4n) is 2.75. The lowest BCUT2D eigenvalue weighted by Crippen LogP contribution is -2.44. The second-order valence-electron chi connectivity index (χ2n) is 4.41. The molecule has 4 heteroatoms. The predicted octanol–water partition coefficient (Wildman–Crippen LogP) is 1.38. The molecule has 0 heterocycles. The minimum Gasteiger partial charge on any atom is -0.333 e. The Hall–Kier alpha value is -0.770. The third-order valence-electron chi connectivity index (χ3n) is 3.61. The highest BCUT2D eigenvalue weighted by molar-refractivity contribution is 5.73. The van der Waals surface area contributed by atoms with Crippen LogP contribution in [0.3, 0.4) is 0 Å². The van der Waals surface area contributed by atoms with Gasteiger partial charge in [-0.15, -0.1) is 0 Å². The zero-order chi connectivity index (χ0) is 10.1. The van der Waals surface area contributed by atoms with Crippen molar-refractivity contribution in [2.45, 2.75) is 31.7 Å². The summed E-state index contributed by atoms with van der Waals surface area (Å²) in [4.78, 5) is 16.3. The van der Waals surface area contributed by atoms with Gasteiger partial charge in [-0.2, -0.15) is 0 Å². The number of nitrogens with one attached hydrogen (secondary N) is 1. The van der Waals surface area contributed by atoms with E-state index in [9.17, 15) is 4.79 Å². The van der Waals surface area contributed by atoms with Crippen LogP contribution in [0.25, 0.3) is 0 Å². The molecule has 14 heavy (non-hydrogen) atoms. The van der Waals surface area contributed by atoms with Crippen molar-refractivity contribution >= 4 is 6.03 Å². The fraction of sp³-hybridized carbons (Fsp3) is 0.900. The molecule has 2 aliphatic rings. The minimum atomic E-state index is -0.120. The van der Waals surface area contributed by atoms with Crippen LogP contribution >= 0.6 is 0 Å². The molecule has 0 radical (unpaired) electrons. The number of rotatable bonds is 2. The lowest BCUT2D eigenvalue weighted by atomic mass is 9.95. The first kappa shape index (κ1) is 9.77. The minimum absolute atomic E-state index is 0.120. The van der Waals surface area contributed by atoms with E-state index in [4.69, 9.17) is 4.84 Å². The first-order valence-corrected chi connectivity index (χ1v) is 5.29. The summed E-state index contributed by atoms with van der Waals surface area (Å²) < 4.78 is 0. The molecule has 0 aromatic heterocycles. The highest BCUT2D eigenvalue weighted by atomic mass is 16.7. The van der Waals surface area contributed by atoms with Gasteiger partial charge >= 0.3 is 6.03 Å². The van der Waals surface area contributed by atoms with Gasteiger partial charge in [0.1, 0.15) is 0 Å². The van der Waals surface area contributed by atoms with Crippen molar-refractivity contribution in [2.24, 2.45) is 11.8 Å². The third kappa shape index (κ3) is 1.71. The third-order valence-corrected chi connectivity index (χ3v) is 3.61. The SMILES string of the molecule is CON(C)C(=O)NC1CC2CCC1C2. The monoisotopic (exact) mass is 198 g/mol. The maximum atomic E-state index is 11.5. The maximum absolute atomic E-state index is 11.5. The average molecular weight is 198 g/mol. The smallest absolute Gasteiger partial charge is 0.333 e. The molecule has 2 fully saturated rings. The van der Waals surface area contributed by atoms with E-state index >= 15 is 0 Å². The van der Waals surface area contributed by atoms with Gasteiger partial charge in [0.25, 0.3) is 0 Å². The van der Waals surface area contributed by atoms with Crippen LogP contribution in [-0.4, -0.2) is 31.3 Å². The Morgan fingerprint density at radius 2 is 2.21 bits per heavy atom. The van der Waals surface area contributed by atoms with Gasteiger partial charge in [0, 0.05) is 13.1 Å². The Morgan fingerprint density at radius 1 is 1.43 bits per heavy atom. The van der Waals surface area contributed by atoms with Crippen LogP contribution < -0.4 is 5.32 Å². The molecule has 0 aromatic carbocycles. The lowest BCUT2D eigenvalue weighted by molar-refractivity contribution is -0.0660. The number of fused-ring (bicyclic) bond motifs is 2. The zero-order valence-electron chi connectivity index (χ0n) is 8.82. The second-order valence-corrected chi connectivity index (χ2v) is 4.41. The normalized spacial score (nSPS) is 34.6. The Balaban J connectivity index is 1.84. The highest BCUT2D eigenvalue weighted by Crippen LogP contribution is 2.44. The van der Waals surface area contributed by atoms with Crippen molar-refractivity contribution < 1.29 is 9.63 Å². The number of carbonyl (C=O) groups is 1. The Labute approximate surface area is 84.6 Å². The maximum Gasteiger partial charge on any atom is 0.341 e. The lowest BCUT2D eigenvalue weighted by Gasteiger charge is -2.25. The summed E-state index contributed by atoms with van der Waals surface area (Å²) in [5.74, 6) is 1.58. The standard InChI is InChI=1S/C10H18N2O2/c1-12(14-2)10(13)11-9-6-7-3-4-8(9)5-7/h7-9H,3-6H2,1-2H3,(H,11,13). The average Bonchev–Trinajstić information content (AvgIpc) is 2.77. The van der Waals surface area contributed by atoms with Crippen LogP contribution in [0.1, 0.15) is 25.7 Å². The molecule has 1 N–H and O–H groups in total. The van der Waals surface area contributed by atoms with Gasteiger partial charge in [0.15, 0.2) is 0 Å². The summed E-state index contributed by atoms with van der Waals surface area (Å²) in [6.45, 7) is 0. The molecule has 0 saturated heterocycles. The van der Waals surface area contributed by atoms with Gasteiger partial charge in [0.2, 0.25) is 0 Å². The fourth-order valence-corrected chi connectivity index (χ4v) is 2.75. The van der Waals surface area contributed by atoms with Crippen molar-refractivity contribution in [1.82, 2.24) is 10.4 Å². The Morgan fingerprint density at radius 3 is 2.71 bits per heavy atom. The Kier molecular flexibility index (Phi) is 2.63. The number of amides is 2. The number of carbonyl (C=O) groups excluding carboxylic acids is 1. The van der Waals surface area contributed by atoms with Gasteiger partial charge in [-0.1, -0.05) is 6.42 Å². The van der Waals surface area contributed by atoms with E-state index in [2.05, 4.69) is 5.32 Å². The van der Waals surface area contributed by atoms with Crippen molar-refractivity contribution in [3.63, 3.8) is 0 Å².